The van der Waals surface area contributed by atoms with Crippen LogP contribution in [-0.4, -0.2) is 31.1 Å². The second-order valence-electron chi connectivity index (χ2n) is 5.64. The van der Waals surface area contributed by atoms with Crippen LogP contribution in [0.1, 0.15) is 32.1 Å². The highest BCUT2D eigenvalue weighted by molar-refractivity contribution is 6.14. The molecule has 6 heteroatoms. The molecule has 0 bridgehead atoms. The molecule has 6 nitrogen and oxygen atoms in total. The van der Waals surface area contributed by atoms with Gasteiger partial charge in [0.1, 0.15) is 0 Å². The number of carbonyl (C=O) groups is 2. The van der Waals surface area contributed by atoms with Crippen molar-refractivity contribution >= 4 is 11.9 Å². The molecule has 1 heterocycles. The highest BCUT2D eigenvalue weighted by Crippen LogP contribution is 2.32. The molecule has 23 heavy (non-hydrogen) atoms. The van der Waals surface area contributed by atoms with Crippen molar-refractivity contribution < 1.29 is 23.6 Å². The molecule has 0 spiro atoms. The Kier molecular flexibility index (Phi) is 6.26. The van der Waals surface area contributed by atoms with E-state index in [0.29, 0.717) is 6.54 Å². The van der Waals surface area contributed by atoms with Gasteiger partial charge in [-0.3, -0.25) is 4.98 Å². The summed E-state index contributed by atoms with van der Waals surface area (Å²) in [7, 11) is 2.56. The number of esters is 2. The average molecular weight is 319 g/mol. The van der Waals surface area contributed by atoms with E-state index < -0.39 is 11.9 Å². The first-order chi connectivity index (χ1) is 11.2. The van der Waals surface area contributed by atoms with Gasteiger partial charge >= 0.3 is 11.9 Å². The summed E-state index contributed by atoms with van der Waals surface area (Å²) in [5, 5.41) is 0. The van der Waals surface area contributed by atoms with Crippen LogP contribution in [0.5, 0.6) is 0 Å². The Bertz CT molecular complexity index is 560. The number of ether oxygens (including phenoxy) is 2. The number of carbonyl (C=O) groups excluding carboxylic acids is 2. The van der Waals surface area contributed by atoms with Crippen LogP contribution in [0, 0.1) is 5.92 Å². The van der Waals surface area contributed by atoms with E-state index in [0.717, 1.165) is 31.3 Å². The Morgan fingerprint density at radius 3 is 2.13 bits per heavy atom. The lowest BCUT2D eigenvalue weighted by molar-refractivity contribution is -0.690. The molecule has 124 valence electrons. The zero-order valence-electron chi connectivity index (χ0n) is 13.7. The quantitative estimate of drug-likeness (QED) is 0.271. The third kappa shape index (κ3) is 4.37. The molecule has 2 rings (SSSR count). The minimum absolute atomic E-state index is 0.0335. The van der Waals surface area contributed by atoms with Gasteiger partial charge in [-0.2, -0.15) is 4.57 Å². The molecule has 0 amide bonds. The molecule has 1 saturated carbocycles. The van der Waals surface area contributed by atoms with Crippen LogP contribution >= 0.6 is 0 Å². The van der Waals surface area contributed by atoms with Gasteiger partial charge in [-0.05, 0) is 18.8 Å². The van der Waals surface area contributed by atoms with Gasteiger partial charge < -0.3 is 9.47 Å². The zero-order valence-corrected chi connectivity index (χ0v) is 13.7. The lowest BCUT2D eigenvalue weighted by Crippen LogP contribution is -2.37. The maximum atomic E-state index is 12.2. The topological polar surface area (TPSA) is 69.4 Å². The van der Waals surface area contributed by atoms with Gasteiger partial charge in [0.2, 0.25) is 0 Å². The normalized spacial score (nSPS) is 14.9. The average Bonchev–Trinajstić information content (AvgIpc) is 2.62. The van der Waals surface area contributed by atoms with E-state index in [2.05, 4.69) is 4.98 Å². The predicted octanol–water partition coefficient (Wildman–Crippen LogP) is 1.59. The zero-order chi connectivity index (χ0) is 16.7. The van der Waals surface area contributed by atoms with Crippen molar-refractivity contribution in [2.75, 3.05) is 14.2 Å². The lowest BCUT2D eigenvalue weighted by Gasteiger charge is -2.24. The van der Waals surface area contributed by atoms with Gasteiger partial charge in [-0.15, -0.1) is 0 Å². The molecule has 0 radical (unpaired) electrons. The Hall–Kier alpha value is -2.24. The van der Waals surface area contributed by atoms with Crippen LogP contribution in [0.2, 0.25) is 0 Å². The largest absolute Gasteiger partial charge is 0.465 e. The first-order valence-corrected chi connectivity index (χ1v) is 7.86. The van der Waals surface area contributed by atoms with Gasteiger partial charge in [-0.25, -0.2) is 9.59 Å². The van der Waals surface area contributed by atoms with E-state index >= 15 is 0 Å². The molecule has 0 saturated heterocycles. The Labute approximate surface area is 136 Å². The number of aromatic nitrogens is 2. The van der Waals surface area contributed by atoms with Crippen LogP contribution < -0.4 is 4.57 Å². The van der Waals surface area contributed by atoms with Crippen LogP contribution in [-0.2, 0) is 25.6 Å². The molecular formula is C17H23N2O4+. The van der Waals surface area contributed by atoms with Gasteiger partial charge in [0.25, 0.3) is 0 Å². The maximum Gasteiger partial charge on any atom is 0.345 e. The van der Waals surface area contributed by atoms with E-state index in [4.69, 9.17) is 9.47 Å². The molecule has 0 unspecified atom stereocenters. The standard InChI is InChI=1S/C17H23N2O4/c1-22-16(20)15(17(21)23-2)14(13-6-4-3-5-7-13)12-19-10-8-18-9-11-19/h8-11,13H,3-7,12H2,1-2H3/q+1. The molecule has 0 N–H and O–H groups in total. The Morgan fingerprint density at radius 2 is 1.61 bits per heavy atom. The van der Waals surface area contributed by atoms with Gasteiger partial charge in [0.15, 0.2) is 24.5 Å². The minimum Gasteiger partial charge on any atom is -0.465 e. The van der Waals surface area contributed by atoms with Gasteiger partial charge in [-0.1, -0.05) is 19.3 Å². The van der Waals surface area contributed by atoms with Crippen molar-refractivity contribution in [1.82, 2.24) is 4.98 Å². The summed E-state index contributed by atoms with van der Waals surface area (Å²) in [4.78, 5) is 28.4. The number of rotatable bonds is 5. The van der Waals surface area contributed by atoms with Crippen LogP contribution in [0.25, 0.3) is 0 Å². The smallest absolute Gasteiger partial charge is 0.345 e. The first-order valence-electron chi connectivity index (χ1n) is 7.86. The lowest BCUT2D eigenvalue weighted by atomic mass is 9.81. The molecule has 1 aliphatic carbocycles. The highest BCUT2D eigenvalue weighted by Gasteiger charge is 2.32. The summed E-state index contributed by atoms with van der Waals surface area (Å²) < 4.78 is 11.6. The second kappa shape index (κ2) is 8.41. The first kappa shape index (κ1) is 17.1. The summed E-state index contributed by atoms with van der Waals surface area (Å²) in [5.74, 6) is -1.07. The van der Waals surface area contributed by atoms with E-state index in [-0.39, 0.29) is 11.5 Å². The number of hydrogen-bond donors (Lipinski definition) is 0. The van der Waals surface area contributed by atoms with E-state index in [9.17, 15) is 9.59 Å². The van der Waals surface area contributed by atoms with Gasteiger partial charge in [0.05, 0.1) is 26.6 Å². The van der Waals surface area contributed by atoms with Crippen molar-refractivity contribution in [1.29, 1.82) is 0 Å². The molecule has 0 aromatic carbocycles. The SMILES string of the molecule is COC(=O)C(C(=O)OC)=C(C[n+]1ccncc1)C1CCCCC1. The molecular weight excluding hydrogens is 296 g/mol. The van der Waals surface area contributed by atoms with Crippen molar-refractivity contribution in [2.24, 2.45) is 5.92 Å². The second-order valence-corrected chi connectivity index (χ2v) is 5.64. The molecule has 1 aliphatic rings. The maximum absolute atomic E-state index is 12.2. The fourth-order valence-corrected chi connectivity index (χ4v) is 3.06. The number of methoxy groups -OCH3 is 2. The number of hydrogen-bond acceptors (Lipinski definition) is 5. The van der Waals surface area contributed by atoms with E-state index in [1.807, 2.05) is 17.0 Å². The summed E-state index contributed by atoms with van der Waals surface area (Å²) in [6.07, 6.45) is 12.3. The van der Waals surface area contributed by atoms with E-state index in [1.165, 1.54) is 20.6 Å². The highest BCUT2D eigenvalue weighted by atomic mass is 16.5. The third-order valence-electron chi connectivity index (χ3n) is 4.24. The number of nitrogens with zero attached hydrogens (tertiary/aromatic N) is 2. The predicted molar refractivity (Wildman–Crippen MR) is 82.1 cm³/mol. The molecule has 1 aromatic heterocycles. The van der Waals surface area contributed by atoms with Crippen LogP contribution in [0.15, 0.2) is 35.9 Å². The summed E-state index contributed by atoms with van der Waals surface area (Å²) >= 11 is 0. The van der Waals surface area contributed by atoms with Crippen molar-refractivity contribution in [3.8, 4) is 0 Å². The van der Waals surface area contributed by atoms with Crippen molar-refractivity contribution in [3.05, 3.63) is 35.9 Å². The molecule has 0 aliphatic heterocycles. The summed E-state index contributed by atoms with van der Waals surface area (Å²) in [6, 6.07) is 0. The summed E-state index contributed by atoms with van der Waals surface area (Å²) in [6.45, 7) is 0.451. The van der Waals surface area contributed by atoms with Crippen LogP contribution in [0.4, 0.5) is 0 Å². The van der Waals surface area contributed by atoms with Gasteiger partial charge in [0, 0.05) is 5.57 Å². The minimum atomic E-state index is -0.632. The number of allylic oxidation sites excluding steroid dienone is 1. The molecule has 0 atom stereocenters. The fourth-order valence-electron chi connectivity index (χ4n) is 3.06. The van der Waals surface area contributed by atoms with E-state index in [1.54, 1.807) is 12.4 Å². The molecule has 1 fully saturated rings. The van der Waals surface area contributed by atoms with Crippen molar-refractivity contribution in [2.45, 2.75) is 38.6 Å². The summed E-state index contributed by atoms with van der Waals surface area (Å²) in [5.41, 5.74) is 0.825. The Balaban J connectivity index is 2.45. The molecule has 1 aromatic rings. The fraction of sp³-hybridized carbons (Fsp3) is 0.529. The van der Waals surface area contributed by atoms with Crippen LogP contribution in [0.3, 0.4) is 0 Å². The monoisotopic (exact) mass is 319 g/mol. The Morgan fingerprint density at radius 1 is 1.04 bits per heavy atom. The van der Waals surface area contributed by atoms with Crippen molar-refractivity contribution in [3.63, 3.8) is 0 Å². The third-order valence-corrected chi connectivity index (χ3v) is 4.24.